The fourth-order valence-corrected chi connectivity index (χ4v) is 0.662. The van der Waals surface area contributed by atoms with Gasteiger partial charge in [-0.25, -0.2) is 0 Å². The lowest BCUT2D eigenvalue weighted by molar-refractivity contribution is -0.224. The van der Waals surface area contributed by atoms with E-state index in [-0.39, 0.29) is 12.1 Å². The van der Waals surface area contributed by atoms with Crippen LogP contribution >= 0.6 is 0 Å². The van der Waals surface area contributed by atoms with Gasteiger partial charge in [0.15, 0.2) is 0 Å². The highest BCUT2D eigenvalue weighted by molar-refractivity contribution is 5.65. The minimum atomic E-state index is -0.301. The van der Waals surface area contributed by atoms with Crippen LogP contribution in [0, 0.1) is 0 Å². The Morgan fingerprint density at radius 3 is 2.67 bits per heavy atom. The van der Waals surface area contributed by atoms with Gasteiger partial charge in [-0.15, -0.1) is 5.06 Å². The molecule has 1 atom stereocenters. The first-order valence-electron chi connectivity index (χ1n) is 2.91. The van der Waals surface area contributed by atoms with Crippen molar-refractivity contribution in [3.05, 3.63) is 0 Å². The third-order valence-electron chi connectivity index (χ3n) is 1.26. The van der Waals surface area contributed by atoms with Crippen LogP contribution in [0.1, 0.15) is 13.3 Å². The minimum Gasteiger partial charge on any atom is -0.367 e. The molecule has 1 aliphatic heterocycles. The number of hydrogen-bond acceptors (Lipinski definition) is 4. The molecule has 0 aliphatic carbocycles. The summed E-state index contributed by atoms with van der Waals surface area (Å²) in [5.41, 5.74) is 5.42. The van der Waals surface area contributed by atoms with Gasteiger partial charge in [0, 0.05) is 13.5 Å². The van der Waals surface area contributed by atoms with E-state index in [4.69, 9.17) is 5.73 Å². The second-order valence-electron chi connectivity index (χ2n) is 2.08. The average molecular weight is 130 g/mol. The number of hydrogen-bond donors (Lipinski definition) is 1. The summed E-state index contributed by atoms with van der Waals surface area (Å²) in [6.45, 7) is 2.13. The standard InChI is InChI=1S/C5H10N2O2/c1-4(8)9-7-3-2-5(7)6/h5H,2-3,6H2,1H3. The molecule has 0 spiro atoms. The predicted octanol–water partition coefficient (Wildman–Crippen LogP) is -0.545. The first kappa shape index (κ1) is 6.51. The number of carbonyl (C=O) groups is 1. The summed E-state index contributed by atoms with van der Waals surface area (Å²) in [4.78, 5) is 14.9. The Morgan fingerprint density at radius 1 is 1.89 bits per heavy atom. The number of rotatable bonds is 1. The van der Waals surface area contributed by atoms with E-state index in [1.165, 1.54) is 12.0 Å². The zero-order valence-electron chi connectivity index (χ0n) is 5.33. The van der Waals surface area contributed by atoms with Gasteiger partial charge in [0.1, 0.15) is 0 Å². The van der Waals surface area contributed by atoms with Crippen LogP contribution < -0.4 is 5.73 Å². The molecule has 1 unspecified atom stereocenters. The Morgan fingerprint density at radius 2 is 2.56 bits per heavy atom. The smallest absolute Gasteiger partial charge is 0.322 e. The van der Waals surface area contributed by atoms with Crippen LogP contribution in [0.15, 0.2) is 0 Å². The van der Waals surface area contributed by atoms with E-state index in [0.29, 0.717) is 0 Å². The van der Waals surface area contributed by atoms with E-state index in [2.05, 4.69) is 4.84 Å². The van der Waals surface area contributed by atoms with Crippen LogP contribution in [0.3, 0.4) is 0 Å². The topological polar surface area (TPSA) is 55.6 Å². The lowest BCUT2D eigenvalue weighted by Crippen LogP contribution is -2.53. The quantitative estimate of drug-likeness (QED) is 0.517. The normalized spacial score (nSPS) is 27.1. The van der Waals surface area contributed by atoms with Crippen LogP contribution in [0.5, 0.6) is 0 Å². The van der Waals surface area contributed by atoms with Crippen molar-refractivity contribution >= 4 is 5.97 Å². The Bertz CT molecular complexity index is 126. The Kier molecular flexibility index (Phi) is 1.68. The van der Waals surface area contributed by atoms with Crippen LogP contribution in [-0.4, -0.2) is 23.7 Å². The molecule has 0 amide bonds. The zero-order chi connectivity index (χ0) is 6.85. The fraction of sp³-hybridized carbons (Fsp3) is 0.800. The van der Waals surface area contributed by atoms with Crippen molar-refractivity contribution in [1.82, 2.24) is 5.06 Å². The Hall–Kier alpha value is -0.610. The first-order valence-corrected chi connectivity index (χ1v) is 2.91. The molecule has 4 nitrogen and oxygen atoms in total. The lowest BCUT2D eigenvalue weighted by Gasteiger charge is -2.35. The van der Waals surface area contributed by atoms with Gasteiger partial charge in [-0.2, -0.15) is 0 Å². The van der Waals surface area contributed by atoms with E-state index in [1.54, 1.807) is 0 Å². The first-order chi connectivity index (χ1) is 4.20. The summed E-state index contributed by atoms with van der Waals surface area (Å²) >= 11 is 0. The minimum absolute atomic E-state index is 0.0751. The maximum atomic E-state index is 10.3. The van der Waals surface area contributed by atoms with Crippen molar-refractivity contribution in [1.29, 1.82) is 0 Å². The van der Waals surface area contributed by atoms with Crippen molar-refractivity contribution in [3.63, 3.8) is 0 Å². The molecule has 1 rings (SSSR count). The lowest BCUT2D eigenvalue weighted by atomic mass is 10.2. The van der Waals surface area contributed by atoms with Crippen molar-refractivity contribution in [3.8, 4) is 0 Å². The van der Waals surface area contributed by atoms with Crippen LogP contribution in [0.4, 0.5) is 0 Å². The molecule has 0 bridgehead atoms. The predicted molar refractivity (Wildman–Crippen MR) is 31.1 cm³/mol. The summed E-state index contributed by atoms with van der Waals surface area (Å²) in [6.07, 6.45) is 0.835. The molecule has 52 valence electrons. The molecule has 1 fully saturated rings. The second kappa shape index (κ2) is 2.33. The molecule has 9 heavy (non-hydrogen) atoms. The number of hydroxylamine groups is 2. The van der Waals surface area contributed by atoms with E-state index in [1.807, 2.05) is 0 Å². The average Bonchev–Trinajstić information content (AvgIpc) is 1.79. The van der Waals surface area contributed by atoms with Crippen LogP contribution in [0.2, 0.25) is 0 Å². The van der Waals surface area contributed by atoms with Crippen molar-refractivity contribution in [2.75, 3.05) is 6.54 Å². The molecular weight excluding hydrogens is 120 g/mol. The third kappa shape index (κ3) is 1.40. The van der Waals surface area contributed by atoms with Crippen LogP contribution in [0.25, 0.3) is 0 Å². The molecule has 0 aromatic carbocycles. The van der Waals surface area contributed by atoms with Gasteiger partial charge < -0.3 is 10.6 Å². The maximum Gasteiger partial charge on any atom is 0.322 e. The largest absolute Gasteiger partial charge is 0.367 e. The molecule has 0 radical (unpaired) electrons. The van der Waals surface area contributed by atoms with Crippen molar-refractivity contribution in [2.45, 2.75) is 19.5 Å². The van der Waals surface area contributed by atoms with E-state index in [0.717, 1.165) is 13.0 Å². The van der Waals surface area contributed by atoms with Gasteiger partial charge in [-0.1, -0.05) is 0 Å². The summed E-state index contributed by atoms with van der Waals surface area (Å²) in [5, 5.41) is 1.47. The molecule has 0 saturated carbocycles. The maximum absolute atomic E-state index is 10.3. The summed E-state index contributed by atoms with van der Waals surface area (Å²) in [5.74, 6) is -0.301. The highest BCUT2D eigenvalue weighted by Gasteiger charge is 2.26. The molecule has 1 aliphatic rings. The second-order valence-corrected chi connectivity index (χ2v) is 2.08. The Balaban J connectivity index is 2.21. The summed E-state index contributed by atoms with van der Waals surface area (Å²) in [7, 11) is 0. The third-order valence-corrected chi connectivity index (χ3v) is 1.26. The van der Waals surface area contributed by atoms with Gasteiger partial charge in [0.05, 0.1) is 6.17 Å². The molecule has 0 aromatic heterocycles. The molecule has 0 aromatic rings. The zero-order valence-corrected chi connectivity index (χ0v) is 5.33. The van der Waals surface area contributed by atoms with E-state index < -0.39 is 0 Å². The highest BCUT2D eigenvalue weighted by atomic mass is 16.7. The molecular formula is C5H10N2O2. The van der Waals surface area contributed by atoms with Gasteiger partial charge in [0.2, 0.25) is 0 Å². The fourth-order valence-electron chi connectivity index (χ4n) is 0.662. The van der Waals surface area contributed by atoms with E-state index >= 15 is 0 Å². The number of carbonyl (C=O) groups excluding carboxylic acids is 1. The monoisotopic (exact) mass is 130 g/mol. The SMILES string of the molecule is CC(=O)ON1CCC1N. The van der Waals surface area contributed by atoms with Gasteiger partial charge >= 0.3 is 5.97 Å². The van der Waals surface area contributed by atoms with Gasteiger partial charge in [0.25, 0.3) is 0 Å². The summed E-state index contributed by atoms with van der Waals surface area (Å²) in [6, 6.07) is 0. The highest BCUT2D eigenvalue weighted by Crippen LogP contribution is 2.11. The number of nitrogens with zero attached hydrogens (tertiary/aromatic N) is 1. The molecule has 4 heteroatoms. The summed E-state index contributed by atoms with van der Waals surface area (Å²) < 4.78 is 0. The van der Waals surface area contributed by atoms with Gasteiger partial charge in [-0.05, 0) is 6.42 Å². The van der Waals surface area contributed by atoms with Crippen molar-refractivity contribution < 1.29 is 9.63 Å². The molecule has 1 heterocycles. The van der Waals surface area contributed by atoms with E-state index in [9.17, 15) is 4.79 Å². The van der Waals surface area contributed by atoms with Gasteiger partial charge in [-0.3, -0.25) is 4.79 Å². The number of nitrogens with two attached hydrogens (primary N) is 1. The Labute approximate surface area is 53.5 Å². The molecule has 1 saturated heterocycles. The van der Waals surface area contributed by atoms with Crippen LogP contribution in [-0.2, 0) is 9.63 Å². The van der Waals surface area contributed by atoms with Crippen molar-refractivity contribution in [2.24, 2.45) is 5.73 Å². The molecule has 2 N–H and O–H groups in total.